The summed E-state index contributed by atoms with van der Waals surface area (Å²) in [4.78, 5) is 22.6. The highest BCUT2D eigenvalue weighted by Gasteiger charge is 2.32. The van der Waals surface area contributed by atoms with Crippen molar-refractivity contribution in [1.82, 2.24) is 20.3 Å². The minimum Gasteiger partial charge on any atom is -0.480 e. The molecule has 0 saturated heterocycles. The summed E-state index contributed by atoms with van der Waals surface area (Å²) in [6.45, 7) is 5.21. The van der Waals surface area contributed by atoms with Crippen LogP contribution in [0.3, 0.4) is 0 Å². The highest BCUT2D eigenvalue weighted by molar-refractivity contribution is 5.83. The molecular formula is C10H16N4O3. The van der Waals surface area contributed by atoms with E-state index in [-0.39, 0.29) is 6.54 Å². The Labute approximate surface area is 98.8 Å². The van der Waals surface area contributed by atoms with Gasteiger partial charge in [-0.15, -0.1) is 5.10 Å². The highest BCUT2D eigenvalue weighted by Crippen LogP contribution is 2.19. The summed E-state index contributed by atoms with van der Waals surface area (Å²) >= 11 is 0. The van der Waals surface area contributed by atoms with E-state index in [1.807, 2.05) is 0 Å². The van der Waals surface area contributed by atoms with Gasteiger partial charge >= 0.3 is 5.97 Å². The van der Waals surface area contributed by atoms with E-state index < -0.39 is 23.3 Å². The first-order valence-corrected chi connectivity index (χ1v) is 5.17. The predicted molar refractivity (Wildman–Crippen MR) is 59.0 cm³/mol. The number of amides is 1. The average molecular weight is 240 g/mol. The molecule has 1 aromatic rings. The maximum atomic E-state index is 11.6. The van der Waals surface area contributed by atoms with Gasteiger partial charge in [-0.2, -0.15) is 0 Å². The molecule has 0 saturated carbocycles. The summed E-state index contributed by atoms with van der Waals surface area (Å²) in [7, 11) is 0. The Balaban J connectivity index is 2.62. The molecule has 7 nitrogen and oxygen atoms in total. The van der Waals surface area contributed by atoms with E-state index >= 15 is 0 Å². The van der Waals surface area contributed by atoms with Gasteiger partial charge in [0.2, 0.25) is 5.91 Å². The fourth-order valence-corrected chi connectivity index (χ4v) is 1.32. The number of carbonyl (C=O) groups is 2. The molecule has 1 aromatic heterocycles. The van der Waals surface area contributed by atoms with E-state index in [1.165, 1.54) is 17.1 Å². The molecule has 0 fully saturated rings. The van der Waals surface area contributed by atoms with Crippen molar-refractivity contribution < 1.29 is 14.7 Å². The smallest absolute Gasteiger partial charge is 0.326 e. The molecule has 0 spiro atoms. The van der Waals surface area contributed by atoms with Gasteiger partial charge in [-0.3, -0.25) is 4.79 Å². The van der Waals surface area contributed by atoms with Crippen LogP contribution in [0.5, 0.6) is 0 Å². The number of aliphatic carboxylic acids is 1. The predicted octanol–water partition coefficient (Wildman–Crippen LogP) is -0.106. The van der Waals surface area contributed by atoms with Crippen molar-refractivity contribution in [3.05, 3.63) is 12.4 Å². The molecule has 1 rings (SSSR count). The summed E-state index contributed by atoms with van der Waals surface area (Å²) in [5.74, 6) is -1.46. The lowest BCUT2D eigenvalue weighted by atomic mass is 9.87. The van der Waals surface area contributed by atoms with Crippen LogP contribution in [0.4, 0.5) is 0 Å². The van der Waals surface area contributed by atoms with Gasteiger partial charge in [0.15, 0.2) is 0 Å². The Hall–Kier alpha value is -1.92. The monoisotopic (exact) mass is 240 g/mol. The van der Waals surface area contributed by atoms with Crippen LogP contribution in [0.15, 0.2) is 12.4 Å². The van der Waals surface area contributed by atoms with Crippen molar-refractivity contribution in [2.45, 2.75) is 33.4 Å². The lowest BCUT2D eigenvalue weighted by Gasteiger charge is -2.27. The second-order valence-corrected chi connectivity index (χ2v) is 4.81. The van der Waals surface area contributed by atoms with Gasteiger partial charge in [0, 0.05) is 6.20 Å². The number of carboxylic acids is 1. The highest BCUT2D eigenvalue weighted by atomic mass is 16.4. The van der Waals surface area contributed by atoms with E-state index in [0.29, 0.717) is 0 Å². The fourth-order valence-electron chi connectivity index (χ4n) is 1.32. The summed E-state index contributed by atoms with van der Waals surface area (Å²) in [5.41, 5.74) is -0.552. The molecule has 0 aliphatic carbocycles. The van der Waals surface area contributed by atoms with Gasteiger partial charge in [-0.25, -0.2) is 9.48 Å². The number of rotatable bonds is 4. The first kappa shape index (κ1) is 13.1. The van der Waals surface area contributed by atoms with Gasteiger partial charge in [0.05, 0.1) is 6.20 Å². The fraction of sp³-hybridized carbons (Fsp3) is 0.600. The molecule has 17 heavy (non-hydrogen) atoms. The standard InChI is InChI=1S/C10H16N4O3/c1-10(2,3)8(9(16)17)12-7(15)6-14-5-4-11-13-14/h4-5,8H,6H2,1-3H3,(H,12,15)(H,16,17)/t8-/m0/s1. The third-order valence-corrected chi connectivity index (χ3v) is 2.20. The second kappa shape index (κ2) is 4.94. The van der Waals surface area contributed by atoms with Crippen molar-refractivity contribution in [2.75, 3.05) is 0 Å². The Morgan fingerprint density at radius 2 is 2.12 bits per heavy atom. The molecule has 7 heteroatoms. The number of aromatic nitrogens is 3. The topological polar surface area (TPSA) is 97.1 Å². The molecule has 0 bridgehead atoms. The Morgan fingerprint density at radius 3 is 2.53 bits per heavy atom. The summed E-state index contributed by atoms with van der Waals surface area (Å²) < 4.78 is 1.33. The zero-order valence-electron chi connectivity index (χ0n) is 10.0. The number of carboxylic acid groups (broad SMARTS) is 1. The summed E-state index contributed by atoms with van der Waals surface area (Å²) in [5, 5.41) is 18.7. The molecule has 1 atom stereocenters. The zero-order valence-corrected chi connectivity index (χ0v) is 10.0. The first-order valence-electron chi connectivity index (χ1n) is 5.17. The molecule has 1 amide bonds. The quantitative estimate of drug-likeness (QED) is 0.765. The summed E-state index contributed by atoms with van der Waals surface area (Å²) in [6, 6.07) is -0.932. The third-order valence-electron chi connectivity index (χ3n) is 2.20. The van der Waals surface area contributed by atoms with E-state index in [2.05, 4.69) is 15.6 Å². The molecule has 1 heterocycles. The van der Waals surface area contributed by atoms with E-state index in [0.717, 1.165) is 0 Å². The Morgan fingerprint density at radius 1 is 1.47 bits per heavy atom. The van der Waals surface area contributed by atoms with Gasteiger partial charge in [-0.1, -0.05) is 26.0 Å². The van der Waals surface area contributed by atoms with Crippen molar-refractivity contribution in [3.63, 3.8) is 0 Å². The van der Waals surface area contributed by atoms with Crippen LogP contribution in [-0.2, 0) is 16.1 Å². The van der Waals surface area contributed by atoms with Crippen LogP contribution in [-0.4, -0.2) is 38.0 Å². The number of hydrogen-bond donors (Lipinski definition) is 2. The number of carbonyl (C=O) groups excluding carboxylic acids is 1. The third kappa shape index (κ3) is 3.86. The van der Waals surface area contributed by atoms with Crippen LogP contribution in [0, 0.1) is 5.41 Å². The minimum atomic E-state index is -1.05. The van der Waals surface area contributed by atoms with Crippen molar-refractivity contribution in [3.8, 4) is 0 Å². The maximum Gasteiger partial charge on any atom is 0.326 e. The number of nitrogens with zero attached hydrogens (tertiary/aromatic N) is 3. The van der Waals surface area contributed by atoms with Crippen LogP contribution in [0.2, 0.25) is 0 Å². The van der Waals surface area contributed by atoms with E-state index in [4.69, 9.17) is 5.11 Å². The van der Waals surface area contributed by atoms with Gasteiger partial charge < -0.3 is 10.4 Å². The molecule has 0 aliphatic heterocycles. The normalized spacial score (nSPS) is 13.1. The van der Waals surface area contributed by atoms with Gasteiger partial charge in [0.25, 0.3) is 0 Å². The average Bonchev–Trinajstić information content (AvgIpc) is 2.64. The van der Waals surface area contributed by atoms with Crippen LogP contribution < -0.4 is 5.32 Å². The van der Waals surface area contributed by atoms with Crippen LogP contribution in [0.1, 0.15) is 20.8 Å². The molecule has 0 radical (unpaired) electrons. The van der Waals surface area contributed by atoms with E-state index in [1.54, 1.807) is 20.8 Å². The number of nitrogens with one attached hydrogen (secondary N) is 1. The first-order chi connectivity index (χ1) is 7.80. The lowest BCUT2D eigenvalue weighted by molar-refractivity contribution is -0.145. The van der Waals surface area contributed by atoms with Crippen molar-refractivity contribution in [1.29, 1.82) is 0 Å². The van der Waals surface area contributed by atoms with Gasteiger partial charge in [-0.05, 0) is 5.41 Å². The maximum absolute atomic E-state index is 11.6. The van der Waals surface area contributed by atoms with Crippen LogP contribution >= 0.6 is 0 Å². The molecule has 94 valence electrons. The zero-order chi connectivity index (χ0) is 13.1. The number of hydrogen-bond acceptors (Lipinski definition) is 4. The SMILES string of the molecule is CC(C)(C)[C@@H](NC(=O)Cn1ccnn1)C(=O)O. The second-order valence-electron chi connectivity index (χ2n) is 4.81. The van der Waals surface area contributed by atoms with E-state index in [9.17, 15) is 9.59 Å². The van der Waals surface area contributed by atoms with Gasteiger partial charge in [0.1, 0.15) is 12.6 Å². The Kier molecular flexibility index (Phi) is 3.82. The van der Waals surface area contributed by atoms with Crippen molar-refractivity contribution in [2.24, 2.45) is 5.41 Å². The largest absolute Gasteiger partial charge is 0.480 e. The Bertz CT molecular complexity index is 394. The van der Waals surface area contributed by atoms with Crippen LogP contribution in [0.25, 0.3) is 0 Å². The summed E-state index contributed by atoms with van der Waals surface area (Å²) in [6.07, 6.45) is 2.98. The molecule has 0 aliphatic rings. The molecular weight excluding hydrogens is 224 g/mol. The minimum absolute atomic E-state index is 0.0418. The molecule has 0 aromatic carbocycles. The van der Waals surface area contributed by atoms with Crippen molar-refractivity contribution >= 4 is 11.9 Å². The lowest BCUT2D eigenvalue weighted by Crippen LogP contribution is -2.50. The molecule has 0 unspecified atom stereocenters. The molecule has 2 N–H and O–H groups in total.